The van der Waals surface area contributed by atoms with Crippen LogP contribution in [0.2, 0.25) is 0 Å². The minimum absolute atomic E-state index is 0.330. The highest BCUT2D eigenvalue weighted by Crippen LogP contribution is 2.23. The van der Waals surface area contributed by atoms with Crippen LogP contribution in [-0.2, 0) is 13.1 Å². The molecule has 0 unspecified atom stereocenters. The van der Waals surface area contributed by atoms with Crippen LogP contribution in [0, 0.1) is 0 Å². The number of aliphatic imine (C=N–C) groups is 1. The molecule has 0 atom stereocenters. The summed E-state index contributed by atoms with van der Waals surface area (Å²) in [6, 6.07) is 6.01. The number of nitrogens with one attached hydrogen (secondary N) is 2. The minimum atomic E-state index is 0.330. The molecule has 0 bridgehead atoms. The maximum Gasteiger partial charge on any atom is 0.213 e. The molecule has 29 heavy (non-hydrogen) atoms. The largest absolute Gasteiger partial charge is 0.474 e. The van der Waals surface area contributed by atoms with E-state index in [4.69, 9.17) is 9.26 Å². The van der Waals surface area contributed by atoms with Crippen molar-refractivity contribution in [2.24, 2.45) is 4.99 Å². The maximum absolute atomic E-state index is 5.92. The van der Waals surface area contributed by atoms with E-state index in [1.807, 2.05) is 24.4 Å². The molecular formula is C22H33N5O2. The van der Waals surface area contributed by atoms with E-state index in [1.165, 1.54) is 12.8 Å². The first-order valence-electron chi connectivity index (χ1n) is 10.7. The van der Waals surface area contributed by atoms with Crippen LogP contribution in [0.1, 0.15) is 75.3 Å². The van der Waals surface area contributed by atoms with Gasteiger partial charge in [0.2, 0.25) is 5.88 Å². The summed E-state index contributed by atoms with van der Waals surface area (Å²) in [5.74, 6) is 2.68. The second-order valence-corrected chi connectivity index (χ2v) is 7.54. The SMILES string of the molecule is CCC(CC)c1cc(CNC(=NC)NCc2ccc(OC3CCCC3)nc2)on1. The molecule has 7 heteroatoms. The van der Waals surface area contributed by atoms with E-state index in [0.717, 1.165) is 42.7 Å². The van der Waals surface area contributed by atoms with Gasteiger partial charge in [-0.05, 0) is 44.1 Å². The van der Waals surface area contributed by atoms with Crippen LogP contribution >= 0.6 is 0 Å². The van der Waals surface area contributed by atoms with Gasteiger partial charge in [0.05, 0.1) is 12.2 Å². The molecule has 1 fully saturated rings. The molecular weight excluding hydrogens is 366 g/mol. The van der Waals surface area contributed by atoms with Gasteiger partial charge in [-0.15, -0.1) is 0 Å². The average Bonchev–Trinajstić information content (AvgIpc) is 3.43. The summed E-state index contributed by atoms with van der Waals surface area (Å²) in [4.78, 5) is 8.69. The molecule has 0 aromatic carbocycles. The first kappa shape index (κ1) is 21.1. The van der Waals surface area contributed by atoms with Crippen molar-refractivity contribution >= 4 is 5.96 Å². The Kier molecular flexibility index (Phi) is 7.90. The molecule has 1 aliphatic carbocycles. The predicted octanol–water partition coefficient (Wildman–Crippen LogP) is 4.16. The second-order valence-electron chi connectivity index (χ2n) is 7.54. The van der Waals surface area contributed by atoms with Crippen LogP contribution in [-0.4, -0.2) is 29.3 Å². The molecule has 2 heterocycles. The third kappa shape index (κ3) is 6.21. The molecule has 7 nitrogen and oxygen atoms in total. The van der Waals surface area contributed by atoms with Crippen molar-refractivity contribution < 1.29 is 9.26 Å². The fraction of sp³-hybridized carbons (Fsp3) is 0.591. The number of aromatic nitrogens is 2. The smallest absolute Gasteiger partial charge is 0.213 e. The first-order chi connectivity index (χ1) is 14.2. The molecule has 2 N–H and O–H groups in total. The van der Waals surface area contributed by atoms with Gasteiger partial charge in [0, 0.05) is 37.8 Å². The van der Waals surface area contributed by atoms with E-state index >= 15 is 0 Å². The normalized spacial score (nSPS) is 15.1. The van der Waals surface area contributed by atoms with Gasteiger partial charge in [0.1, 0.15) is 6.10 Å². The van der Waals surface area contributed by atoms with Crippen molar-refractivity contribution in [1.29, 1.82) is 0 Å². The summed E-state index contributed by atoms with van der Waals surface area (Å²) in [7, 11) is 1.75. The van der Waals surface area contributed by atoms with Crippen molar-refractivity contribution in [2.45, 2.75) is 77.5 Å². The average molecular weight is 400 g/mol. The molecule has 0 spiro atoms. The Bertz CT molecular complexity index is 762. The van der Waals surface area contributed by atoms with Crippen LogP contribution in [0.25, 0.3) is 0 Å². The lowest BCUT2D eigenvalue weighted by atomic mass is 9.99. The van der Waals surface area contributed by atoms with Gasteiger partial charge in [0.15, 0.2) is 11.7 Å². The highest BCUT2D eigenvalue weighted by Gasteiger charge is 2.17. The van der Waals surface area contributed by atoms with Gasteiger partial charge in [-0.3, -0.25) is 4.99 Å². The monoisotopic (exact) mass is 399 g/mol. The number of ether oxygens (including phenoxy) is 1. The van der Waals surface area contributed by atoms with E-state index in [-0.39, 0.29) is 0 Å². The van der Waals surface area contributed by atoms with Crippen LogP contribution in [0.5, 0.6) is 5.88 Å². The molecule has 3 rings (SSSR count). The standard InChI is InChI=1S/C22H33N5O2/c1-4-17(5-2)20-12-19(29-27-20)15-26-22(23-3)25-14-16-10-11-21(24-13-16)28-18-8-6-7-9-18/h10-13,17-18H,4-9,14-15H2,1-3H3,(H2,23,25,26). The van der Waals surface area contributed by atoms with Gasteiger partial charge in [-0.25, -0.2) is 4.98 Å². The van der Waals surface area contributed by atoms with Gasteiger partial charge >= 0.3 is 0 Å². The zero-order valence-electron chi connectivity index (χ0n) is 17.8. The van der Waals surface area contributed by atoms with Crippen molar-refractivity contribution in [2.75, 3.05) is 7.05 Å². The lowest BCUT2D eigenvalue weighted by molar-refractivity contribution is 0.201. The predicted molar refractivity (Wildman–Crippen MR) is 114 cm³/mol. The highest BCUT2D eigenvalue weighted by atomic mass is 16.5. The number of hydrogen-bond acceptors (Lipinski definition) is 5. The number of pyridine rings is 1. The van der Waals surface area contributed by atoms with E-state index in [9.17, 15) is 0 Å². The van der Waals surface area contributed by atoms with E-state index < -0.39 is 0 Å². The molecule has 0 saturated heterocycles. The topological polar surface area (TPSA) is 84.6 Å². The Morgan fingerprint density at radius 2 is 1.97 bits per heavy atom. The van der Waals surface area contributed by atoms with Crippen LogP contribution < -0.4 is 15.4 Å². The zero-order chi connectivity index (χ0) is 20.5. The van der Waals surface area contributed by atoms with Gasteiger partial charge in [-0.2, -0.15) is 0 Å². The summed E-state index contributed by atoms with van der Waals surface area (Å²) in [6.07, 6.45) is 9.10. The summed E-state index contributed by atoms with van der Waals surface area (Å²) >= 11 is 0. The maximum atomic E-state index is 5.92. The van der Waals surface area contributed by atoms with Crippen molar-refractivity contribution in [3.05, 3.63) is 41.4 Å². The van der Waals surface area contributed by atoms with Crippen molar-refractivity contribution in [3.8, 4) is 5.88 Å². The Morgan fingerprint density at radius 3 is 2.62 bits per heavy atom. The van der Waals surface area contributed by atoms with Crippen LogP contribution in [0.4, 0.5) is 0 Å². The molecule has 0 radical (unpaired) electrons. The lowest BCUT2D eigenvalue weighted by Gasteiger charge is -2.13. The first-order valence-corrected chi connectivity index (χ1v) is 10.7. The fourth-order valence-corrected chi connectivity index (χ4v) is 3.65. The summed E-state index contributed by atoms with van der Waals surface area (Å²) in [5, 5.41) is 10.8. The molecule has 158 valence electrons. The Balaban J connectivity index is 1.44. The molecule has 2 aromatic rings. The van der Waals surface area contributed by atoms with Crippen LogP contribution in [0.3, 0.4) is 0 Å². The minimum Gasteiger partial charge on any atom is -0.474 e. The molecule has 0 aliphatic heterocycles. The summed E-state index contributed by atoms with van der Waals surface area (Å²) < 4.78 is 11.4. The lowest BCUT2D eigenvalue weighted by Crippen LogP contribution is -2.36. The van der Waals surface area contributed by atoms with Gasteiger partial charge in [0.25, 0.3) is 0 Å². The van der Waals surface area contributed by atoms with Crippen molar-refractivity contribution in [1.82, 2.24) is 20.8 Å². The third-order valence-corrected chi connectivity index (χ3v) is 5.48. The van der Waals surface area contributed by atoms with Gasteiger partial charge < -0.3 is 19.9 Å². The van der Waals surface area contributed by atoms with Gasteiger partial charge in [-0.1, -0.05) is 25.1 Å². The number of rotatable bonds is 9. The van der Waals surface area contributed by atoms with E-state index in [2.05, 4.69) is 39.6 Å². The summed E-state index contributed by atoms with van der Waals surface area (Å²) in [6.45, 7) is 5.52. The van der Waals surface area contributed by atoms with Crippen LogP contribution in [0.15, 0.2) is 33.9 Å². The van der Waals surface area contributed by atoms with E-state index in [1.54, 1.807) is 7.05 Å². The third-order valence-electron chi connectivity index (χ3n) is 5.48. The van der Waals surface area contributed by atoms with Crippen molar-refractivity contribution in [3.63, 3.8) is 0 Å². The zero-order valence-corrected chi connectivity index (χ0v) is 17.8. The second kappa shape index (κ2) is 10.8. The molecule has 0 amide bonds. The highest BCUT2D eigenvalue weighted by molar-refractivity contribution is 5.79. The number of hydrogen-bond donors (Lipinski definition) is 2. The Hall–Kier alpha value is -2.57. The molecule has 1 saturated carbocycles. The van der Waals surface area contributed by atoms with E-state index in [0.29, 0.717) is 37.0 Å². The summed E-state index contributed by atoms with van der Waals surface area (Å²) in [5.41, 5.74) is 2.10. The molecule has 1 aliphatic rings. The Morgan fingerprint density at radius 1 is 1.21 bits per heavy atom. The quantitative estimate of drug-likeness (QED) is 0.486. The number of guanidine groups is 1. The molecule has 2 aromatic heterocycles. The fourth-order valence-electron chi connectivity index (χ4n) is 3.65. The Labute approximate surface area is 173 Å². The number of nitrogens with zero attached hydrogens (tertiary/aromatic N) is 3.